The SMILES string of the molecule is CCCC[C@@H]1c2ccccc2C[C@@H](CO[Si](C)(C)C(C)(C)C)N1C(=O)OC(C)(C)C. The van der Waals surface area contributed by atoms with Crippen LogP contribution in [0.1, 0.15) is 84.9 Å². The van der Waals surface area contributed by atoms with Crippen molar-refractivity contribution in [3.05, 3.63) is 35.4 Å². The first kappa shape index (κ1) is 24.9. The Hall–Kier alpha value is -1.33. The van der Waals surface area contributed by atoms with E-state index in [0.29, 0.717) is 6.61 Å². The highest BCUT2D eigenvalue weighted by Crippen LogP contribution is 2.40. The number of amides is 1. The van der Waals surface area contributed by atoms with Gasteiger partial charge in [-0.25, -0.2) is 4.79 Å². The van der Waals surface area contributed by atoms with E-state index in [1.165, 1.54) is 11.1 Å². The smallest absolute Gasteiger partial charge is 0.411 e. The Kier molecular flexibility index (Phi) is 7.84. The Bertz CT molecular complexity index is 718. The van der Waals surface area contributed by atoms with E-state index < -0.39 is 13.9 Å². The lowest BCUT2D eigenvalue weighted by atomic mass is 9.86. The second kappa shape index (κ2) is 9.43. The molecular weight excluding hydrogens is 390 g/mol. The van der Waals surface area contributed by atoms with Crippen LogP contribution in [-0.4, -0.2) is 37.6 Å². The molecular formula is C25H43NO3Si. The van der Waals surface area contributed by atoms with Gasteiger partial charge in [0.05, 0.1) is 18.7 Å². The minimum atomic E-state index is -1.92. The summed E-state index contributed by atoms with van der Waals surface area (Å²) >= 11 is 0. The van der Waals surface area contributed by atoms with Gasteiger partial charge in [0.15, 0.2) is 8.32 Å². The lowest BCUT2D eigenvalue weighted by Crippen LogP contribution is -2.53. The number of benzene rings is 1. The number of carbonyl (C=O) groups is 1. The van der Waals surface area contributed by atoms with E-state index in [2.05, 4.69) is 65.1 Å². The van der Waals surface area contributed by atoms with Crippen molar-refractivity contribution >= 4 is 14.4 Å². The van der Waals surface area contributed by atoms with Crippen LogP contribution in [0.25, 0.3) is 0 Å². The van der Waals surface area contributed by atoms with E-state index in [4.69, 9.17) is 9.16 Å². The van der Waals surface area contributed by atoms with Crippen molar-refractivity contribution in [1.82, 2.24) is 4.90 Å². The standard InChI is InChI=1S/C25H43NO3Si/c1-10-11-16-22-21-15-13-12-14-19(21)17-20(18-28-30(8,9)25(5,6)7)26(22)23(27)29-24(2,3)4/h12-15,20,22H,10-11,16-18H2,1-9H3/t20-,22+/m0/s1. The van der Waals surface area contributed by atoms with Gasteiger partial charge in [0.2, 0.25) is 0 Å². The van der Waals surface area contributed by atoms with Crippen LogP contribution in [0.5, 0.6) is 0 Å². The Morgan fingerprint density at radius 3 is 2.33 bits per heavy atom. The number of carbonyl (C=O) groups excluding carboxylic acids is 1. The molecule has 5 heteroatoms. The summed E-state index contributed by atoms with van der Waals surface area (Å²) in [6.07, 6.45) is 3.72. The fourth-order valence-corrected chi connectivity index (χ4v) is 4.79. The van der Waals surface area contributed by atoms with Crippen molar-refractivity contribution in [2.75, 3.05) is 6.61 Å². The molecule has 170 valence electrons. The summed E-state index contributed by atoms with van der Waals surface area (Å²) in [5, 5.41) is 0.137. The van der Waals surface area contributed by atoms with Gasteiger partial charge in [-0.3, -0.25) is 4.90 Å². The van der Waals surface area contributed by atoms with E-state index in [0.717, 1.165) is 25.7 Å². The number of rotatable bonds is 6. The molecule has 0 aliphatic carbocycles. The monoisotopic (exact) mass is 433 g/mol. The maximum Gasteiger partial charge on any atom is 0.411 e. The van der Waals surface area contributed by atoms with Crippen LogP contribution in [0.2, 0.25) is 18.1 Å². The van der Waals surface area contributed by atoms with Gasteiger partial charge in [-0.15, -0.1) is 0 Å². The van der Waals surface area contributed by atoms with Crippen LogP contribution in [0.15, 0.2) is 24.3 Å². The van der Waals surface area contributed by atoms with E-state index in [-0.39, 0.29) is 23.2 Å². The minimum Gasteiger partial charge on any atom is -0.444 e. The van der Waals surface area contributed by atoms with Gasteiger partial charge in [0.1, 0.15) is 5.60 Å². The molecule has 0 bridgehead atoms. The molecule has 1 aromatic rings. The predicted octanol–water partition coefficient (Wildman–Crippen LogP) is 7.10. The summed E-state index contributed by atoms with van der Waals surface area (Å²) in [5.74, 6) is 0. The molecule has 0 fully saturated rings. The Labute approximate surface area is 185 Å². The molecule has 0 unspecified atom stereocenters. The summed E-state index contributed by atoms with van der Waals surface area (Å²) < 4.78 is 12.5. The molecule has 0 N–H and O–H groups in total. The number of fused-ring (bicyclic) bond motifs is 1. The molecule has 0 saturated heterocycles. The van der Waals surface area contributed by atoms with Crippen molar-refractivity contribution in [2.45, 2.75) is 110 Å². The normalized spacial score (nSPS) is 20.1. The van der Waals surface area contributed by atoms with Gasteiger partial charge in [0.25, 0.3) is 0 Å². The van der Waals surface area contributed by atoms with E-state index in [1.54, 1.807) is 0 Å². The average Bonchev–Trinajstić information content (AvgIpc) is 2.61. The number of nitrogens with zero attached hydrogens (tertiary/aromatic N) is 1. The fraction of sp³-hybridized carbons (Fsp3) is 0.720. The van der Waals surface area contributed by atoms with Gasteiger partial charge >= 0.3 is 6.09 Å². The third kappa shape index (κ3) is 6.10. The highest BCUT2D eigenvalue weighted by Gasteiger charge is 2.42. The summed E-state index contributed by atoms with van der Waals surface area (Å²) in [5.41, 5.74) is 2.08. The average molecular weight is 434 g/mol. The largest absolute Gasteiger partial charge is 0.444 e. The number of hydrogen-bond acceptors (Lipinski definition) is 3. The topological polar surface area (TPSA) is 38.8 Å². The van der Waals surface area contributed by atoms with E-state index in [1.807, 2.05) is 25.7 Å². The number of ether oxygens (including phenoxy) is 1. The maximum atomic E-state index is 13.4. The zero-order chi connectivity index (χ0) is 22.7. The Balaban J connectivity index is 2.39. The first-order valence-electron chi connectivity index (χ1n) is 11.5. The van der Waals surface area contributed by atoms with Crippen LogP contribution in [0, 0.1) is 0 Å². The third-order valence-electron chi connectivity index (χ3n) is 6.48. The lowest BCUT2D eigenvalue weighted by Gasteiger charge is -2.45. The van der Waals surface area contributed by atoms with Crippen molar-refractivity contribution in [1.29, 1.82) is 0 Å². The molecule has 2 rings (SSSR count). The molecule has 0 radical (unpaired) electrons. The molecule has 4 nitrogen and oxygen atoms in total. The van der Waals surface area contributed by atoms with Crippen molar-refractivity contribution in [3.63, 3.8) is 0 Å². The van der Waals surface area contributed by atoms with E-state index >= 15 is 0 Å². The zero-order valence-corrected chi connectivity index (χ0v) is 21.7. The van der Waals surface area contributed by atoms with Gasteiger partial charge < -0.3 is 9.16 Å². The second-order valence-corrected chi connectivity index (χ2v) is 16.0. The van der Waals surface area contributed by atoms with E-state index in [9.17, 15) is 4.79 Å². The van der Waals surface area contributed by atoms with Crippen molar-refractivity contribution in [2.24, 2.45) is 0 Å². The van der Waals surface area contributed by atoms with Crippen LogP contribution >= 0.6 is 0 Å². The second-order valence-electron chi connectivity index (χ2n) is 11.2. The number of hydrogen-bond donors (Lipinski definition) is 0. The molecule has 0 aromatic heterocycles. The quantitative estimate of drug-likeness (QED) is 0.449. The molecule has 2 atom stereocenters. The van der Waals surface area contributed by atoms with Gasteiger partial charge in [-0.05, 0) is 62.9 Å². The Morgan fingerprint density at radius 2 is 1.77 bits per heavy atom. The van der Waals surface area contributed by atoms with Gasteiger partial charge in [-0.2, -0.15) is 0 Å². The molecule has 1 heterocycles. The molecule has 0 saturated carbocycles. The fourth-order valence-electron chi connectivity index (χ4n) is 3.74. The maximum absolute atomic E-state index is 13.4. The predicted molar refractivity (Wildman–Crippen MR) is 127 cm³/mol. The molecule has 30 heavy (non-hydrogen) atoms. The first-order chi connectivity index (χ1) is 13.8. The zero-order valence-electron chi connectivity index (χ0n) is 20.7. The highest BCUT2D eigenvalue weighted by atomic mass is 28.4. The molecule has 1 amide bonds. The molecule has 0 spiro atoms. The van der Waals surface area contributed by atoms with Crippen molar-refractivity contribution in [3.8, 4) is 0 Å². The van der Waals surface area contributed by atoms with Crippen LogP contribution in [-0.2, 0) is 15.6 Å². The summed E-state index contributed by atoms with van der Waals surface area (Å²) in [6.45, 7) is 19.9. The van der Waals surface area contributed by atoms with Crippen molar-refractivity contribution < 1.29 is 14.0 Å². The third-order valence-corrected chi connectivity index (χ3v) is 11.0. The minimum absolute atomic E-state index is 0.00858. The highest BCUT2D eigenvalue weighted by molar-refractivity contribution is 6.74. The van der Waals surface area contributed by atoms with Gasteiger partial charge in [-0.1, -0.05) is 64.8 Å². The summed E-state index contributed by atoms with van der Waals surface area (Å²) in [4.78, 5) is 15.4. The summed E-state index contributed by atoms with van der Waals surface area (Å²) in [6, 6.07) is 8.60. The first-order valence-corrected chi connectivity index (χ1v) is 14.4. The summed E-state index contributed by atoms with van der Waals surface area (Å²) in [7, 11) is -1.92. The van der Waals surface area contributed by atoms with Crippen LogP contribution in [0.3, 0.4) is 0 Å². The molecule has 1 aliphatic rings. The lowest BCUT2D eigenvalue weighted by molar-refractivity contribution is -0.00762. The van der Waals surface area contributed by atoms with Crippen LogP contribution in [0.4, 0.5) is 4.79 Å². The molecule has 1 aromatic carbocycles. The van der Waals surface area contributed by atoms with Crippen LogP contribution < -0.4 is 0 Å². The number of unbranched alkanes of at least 4 members (excludes halogenated alkanes) is 1. The molecule has 1 aliphatic heterocycles. The van der Waals surface area contributed by atoms with Gasteiger partial charge in [0, 0.05) is 0 Å². The Morgan fingerprint density at radius 1 is 1.13 bits per heavy atom.